The average Bonchev–Trinajstić information content (AvgIpc) is 1.62. The summed E-state index contributed by atoms with van der Waals surface area (Å²) in [5, 5.41) is 9.56. The number of hydrogen-bond acceptors (Lipinski definition) is 1. The van der Waals surface area contributed by atoms with E-state index in [1.807, 2.05) is 6.92 Å². The van der Waals surface area contributed by atoms with Gasteiger partial charge in [0, 0.05) is 0 Å². The van der Waals surface area contributed by atoms with E-state index in [0.29, 0.717) is 5.92 Å². The first-order valence-electron chi connectivity index (χ1n) is 3.43. The maximum atomic E-state index is 9.56. The minimum absolute atomic E-state index is 0.501. The smallest absolute Gasteiger partial charge is 0.0856 e. The van der Waals surface area contributed by atoms with E-state index in [1.165, 1.54) is 0 Å². The lowest BCUT2D eigenvalue weighted by Gasteiger charge is -2.42. The quantitative estimate of drug-likeness (QED) is 0.530. The summed E-state index contributed by atoms with van der Waals surface area (Å²) in [6.07, 6.45) is 1.81. The average molecular weight is 126 g/mol. The molecular formula is C8H14O. The zero-order valence-corrected chi connectivity index (χ0v) is 6.15. The second-order valence-corrected chi connectivity index (χ2v) is 3.33. The van der Waals surface area contributed by atoms with Crippen molar-refractivity contribution >= 4 is 0 Å². The molecule has 0 aromatic carbocycles. The molecule has 0 spiro atoms. The van der Waals surface area contributed by atoms with Crippen LogP contribution in [-0.2, 0) is 0 Å². The highest BCUT2D eigenvalue weighted by Gasteiger charge is 2.40. The molecule has 0 atom stereocenters. The van der Waals surface area contributed by atoms with Crippen molar-refractivity contribution in [3.63, 3.8) is 0 Å². The highest BCUT2D eigenvalue weighted by atomic mass is 16.3. The molecule has 0 heterocycles. The van der Waals surface area contributed by atoms with Crippen LogP contribution < -0.4 is 0 Å². The van der Waals surface area contributed by atoms with E-state index < -0.39 is 5.60 Å². The van der Waals surface area contributed by atoms with Gasteiger partial charge in [0.15, 0.2) is 0 Å². The van der Waals surface area contributed by atoms with Crippen molar-refractivity contribution in [2.75, 3.05) is 0 Å². The molecule has 0 unspecified atom stereocenters. The molecule has 9 heavy (non-hydrogen) atoms. The van der Waals surface area contributed by atoms with Crippen molar-refractivity contribution < 1.29 is 5.11 Å². The molecule has 0 saturated heterocycles. The molecule has 0 aliphatic heterocycles. The van der Waals surface area contributed by atoms with Crippen molar-refractivity contribution in [3.8, 4) is 0 Å². The van der Waals surface area contributed by atoms with Gasteiger partial charge in [0.05, 0.1) is 5.60 Å². The Morgan fingerprint density at radius 3 is 2.22 bits per heavy atom. The lowest BCUT2D eigenvalue weighted by Crippen LogP contribution is -2.43. The fraction of sp³-hybridized carbons (Fsp3) is 0.750. The van der Waals surface area contributed by atoms with Gasteiger partial charge in [0.25, 0.3) is 0 Å². The van der Waals surface area contributed by atoms with Gasteiger partial charge in [-0.1, -0.05) is 13.5 Å². The van der Waals surface area contributed by atoms with Gasteiger partial charge < -0.3 is 5.11 Å². The third-order valence-corrected chi connectivity index (χ3v) is 2.17. The Bertz CT molecular complexity index is 132. The number of aliphatic hydroxyl groups is 1. The first kappa shape index (κ1) is 6.81. The zero-order valence-electron chi connectivity index (χ0n) is 6.15. The summed E-state index contributed by atoms with van der Waals surface area (Å²) in [6, 6.07) is 0. The molecular weight excluding hydrogens is 112 g/mol. The molecule has 0 amide bonds. The van der Waals surface area contributed by atoms with Crippen LogP contribution in [-0.4, -0.2) is 10.7 Å². The highest BCUT2D eigenvalue weighted by molar-refractivity contribution is 5.15. The second kappa shape index (κ2) is 1.84. The van der Waals surface area contributed by atoms with Crippen LogP contribution in [0.3, 0.4) is 0 Å². The fourth-order valence-corrected chi connectivity index (χ4v) is 1.44. The summed E-state index contributed by atoms with van der Waals surface area (Å²) in [4.78, 5) is 0. The van der Waals surface area contributed by atoms with Crippen molar-refractivity contribution in [3.05, 3.63) is 12.2 Å². The van der Waals surface area contributed by atoms with Gasteiger partial charge in [-0.25, -0.2) is 0 Å². The molecule has 0 aromatic heterocycles. The van der Waals surface area contributed by atoms with Crippen molar-refractivity contribution in [1.29, 1.82) is 0 Å². The van der Waals surface area contributed by atoms with E-state index in [0.717, 1.165) is 18.4 Å². The molecule has 1 rings (SSSR count). The molecule has 1 aliphatic rings. The van der Waals surface area contributed by atoms with Gasteiger partial charge in [0.1, 0.15) is 0 Å². The van der Waals surface area contributed by atoms with Crippen LogP contribution in [0.1, 0.15) is 26.7 Å². The Kier molecular flexibility index (Phi) is 1.39. The van der Waals surface area contributed by atoms with Crippen LogP contribution in [0.5, 0.6) is 0 Å². The fourth-order valence-electron chi connectivity index (χ4n) is 1.44. The van der Waals surface area contributed by atoms with E-state index in [1.54, 1.807) is 0 Å². The third kappa shape index (κ3) is 1.01. The van der Waals surface area contributed by atoms with Crippen LogP contribution in [0, 0.1) is 5.92 Å². The van der Waals surface area contributed by atoms with Crippen LogP contribution in [0.2, 0.25) is 0 Å². The van der Waals surface area contributed by atoms with E-state index in [2.05, 4.69) is 13.5 Å². The lowest BCUT2D eigenvalue weighted by molar-refractivity contribution is -0.0339. The second-order valence-electron chi connectivity index (χ2n) is 3.33. The summed E-state index contributed by atoms with van der Waals surface area (Å²) in [7, 11) is 0. The summed E-state index contributed by atoms with van der Waals surface area (Å²) in [5.74, 6) is 0.687. The SMILES string of the molecule is C=C(C)C1(O)CC(C)C1. The Morgan fingerprint density at radius 1 is 1.67 bits per heavy atom. The van der Waals surface area contributed by atoms with Gasteiger partial charge in [-0.05, 0) is 31.3 Å². The van der Waals surface area contributed by atoms with Crippen LogP contribution in [0.4, 0.5) is 0 Å². The van der Waals surface area contributed by atoms with Gasteiger partial charge >= 0.3 is 0 Å². The van der Waals surface area contributed by atoms with Gasteiger partial charge in [0.2, 0.25) is 0 Å². The summed E-state index contributed by atoms with van der Waals surface area (Å²) in [5.41, 5.74) is 0.417. The number of rotatable bonds is 1. The molecule has 52 valence electrons. The number of hydrogen-bond donors (Lipinski definition) is 1. The maximum Gasteiger partial charge on any atom is 0.0856 e. The largest absolute Gasteiger partial charge is 0.386 e. The topological polar surface area (TPSA) is 20.2 Å². The monoisotopic (exact) mass is 126 g/mol. The molecule has 1 aliphatic carbocycles. The van der Waals surface area contributed by atoms with Crippen LogP contribution in [0.15, 0.2) is 12.2 Å². The van der Waals surface area contributed by atoms with Crippen LogP contribution >= 0.6 is 0 Å². The summed E-state index contributed by atoms with van der Waals surface area (Å²) in [6.45, 7) is 7.78. The van der Waals surface area contributed by atoms with Gasteiger partial charge in [-0.2, -0.15) is 0 Å². The normalized spacial score (nSPS) is 41.9. The van der Waals surface area contributed by atoms with E-state index >= 15 is 0 Å². The van der Waals surface area contributed by atoms with Crippen molar-refractivity contribution in [2.24, 2.45) is 5.92 Å². The molecule has 0 radical (unpaired) electrons. The standard InChI is InChI=1S/C8H14O/c1-6(2)8(9)4-7(3)5-8/h7,9H,1,4-5H2,2-3H3. The summed E-state index contributed by atoms with van der Waals surface area (Å²) < 4.78 is 0. The van der Waals surface area contributed by atoms with E-state index in [4.69, 9.17) is 0 Å². The Hall–Kier alpha value is -0.300. The molecule has 1 nitrogen and oxygen atoms in total. The Balaban J connectivity index is 2.50. The minimum Gasteiger partial charge on any atom is -0.386 e. The predicted octanol–water partition coefficient (Wildman–Crippen LogP) is 1.72. The van der Waals surface area contributed by atoms with E-state index in [9.17, 15) is 5.11 Å². The van der Waals surface area contributed by atoms with E-state index in [-0.39, 0.29) is 0 Å². The molecule has 0 bridgehead atoms. The maximum absolute atomic E-state index is 9.56. The molecule has 1 N–H and O–H groups in total. The zero-order chi connectivity index (χ0) is 7.07. The first-order valence-corrected chi connectivity index (χ1v) is 3.43. The highest BCUT2D eigenvalue weighted by Crippen LogP contribution is 2.41. The minimum atomic E-state index is -0.501. The molecule has 0 aromatic rings. The molecule has 1 heteroatoms. The Morgan fingerprint density at radius 2 is 2.11 bits per heavy atom. The van der Waals surface area contributed by atoms with Crippen LogP contribution in [0.25, 0.3) is 0 Å². The van der Waals surface area contributed by atoms with Gasteiger partial charge in [-0.15, -0.1) is 0 Å². The first-order chi connectivity index (χ1) is 4.04. The molecule has 1 saturated carbocycles. The predicted molar refractivity (Wildman–Crippen MR) is 38.2 cm³/mol. The van der Waals surface area contributed by atoms with Crippen molar-refractivity contribution in [1.82, 2.24) is 0 Å². The van der Waals surface area contributed by atoms with Crippen molar-refractivity contribution in [2.45, 2.75) is 32.3 Å². The Labute approximate surface area is 56.4 Å². The third-order valence-electron chi connectivity index (χ3n) is 2.17. The lowest BCUT2D eigenvalue weighted by atomic mass is 9.69. The van der Waals surface area contributed by atoms with Gasteiger partial charge in [-0.3, -0.25) is 0 Å². The summed E-state index contributed by atoms with van der Waals surface area (Å²) >= 11 is 0. The molecule has 1 fully saturated rings.